The van der Waals surface area contributed by atoms with Crippen molar-refractivity contribution in [3.05, 3.63) is 78.4 Å². The Hall–Kier alpha value is -5.20. The molecule has 0 saturated carbocycles. The van der Waals surface area contributed by atoms with Crippen LogP contribution in [0.25, 0.3) is 33.6 Å². The largest absolute Gasteiger partial charge is 0.491 e. The molecule has 5 rings (SSSR count). The number of aromatic amines is 1. The van der Waals surface area contributed by atoms with Crippen LogP contribution in [-0.2, 0) is 11.2 Å². The molecular weight excluding hydrogens is 553 g/mol. The van der Waals surface area contributed by atoms with Crippen LogP contribution >= 0.6 is 0 Å². The summed E-state index contributed by atoms with van der Waals surface area (Å²) in [5.74, 6) is -1.36. The lowest BCUT2D eigenvalue weighted by Crippen LogP contribution is -2.21. The van der Waals surface area contributed by atoms with Gasteiger partial charge in [-0.25, -0.2) is 9.89 Å². The highest BCUT2D eigenvalue weighted by Gasteiger charge is 2.38. The molecule has 5 aromatic rings. The van der Waals surface area contributed by atoms with Gasteiger partial charge in [-0.1, -0.05) is 55.5 Å². The van der Waals surface area contributed by atoms with Gasteiger partial charge in [0.15, 0.2) is 11.4 Å². The molecule has 0 aliphatic carbocycles. The number of alkyl halides is 3. The number of aliphatic carboxylic acids is 1. The topological polar surface area (TPSA) is 139 Å². The minimum atomic E-state index is -5.08. The summed E-state index contributed by atoms with van der Waals surface area (Å²) in [5, 5.41) is 25.0. The van der Waals surface area contributed by atoms with E-state index in [2.05, 4.69) is 62.1 Å². The first-order valence-electron chi connectivity index (χ1n) is 12.9. The number of carbonyl (C=O) groups is 1. The van der Waals surface area contributed by atoms with Crippen molar-refractivity contribution in [3.63, 3.8) is 0 Å². The van der Waals surface area contributed by atoms with Gasteiger partial charge >= 0.3 is 12.1 Å². The van der Waals surface area contributed by atoms with Gasteiger partial charge in [0, 0.05) is 11.1 Å². The minimum Gasteiger partial charge on any atom is -0.491 e. The summed E-state index contributed by atoms with van der Waals surface area (Å²) in [6.07, 6.45) is 0.692. The lowest BCUT2D eigenvalue weighted by molar-refractivity contribution is -0.192. The molecule has 0 aliphatic rings. The van der Waals surface area contributed by atoms with Crippen LogP contribution in [-0.4, -0.2) is 49.5 Å². The third kappa shape index (κ3) is 7.30. The summed E-state index contributed by atoms with van der Waals surface area (Å²) < 4.78 is 43.9. The number of para-hydroxylation sites is 2. The van der Waals surface area contributed by atoms with Crippen molar-refractivity contribution in [2.45, 2.75) is 32.9 Å². The number of benzene rings is 3. The number of hydrogen-bond acceptors (Lipinski definition) is 8. The first-order chi connectivity index (χ1) is 20.2. The van der Waals surface area contributed by atoms with Crippen LogP contribution in [0.1, 0.15) is 25.8 Å². The maximum Gasteiger partial charge on any atom is 0.490 e. The van der Waals surface area contributed by atoms with E-state index < -0.39 is 12.1 Å². The van der Waals surface area contributed by atoms with E-state index in [-0.39, 0.29) is 0 Å². The molecule has 0 unspecified atom stereocenters. The average molecular weight is 581 g/mol. The Morgan fingerprint density at radius 3 is 2.48 bits per heavy atom. The molecule has 0 radical (unpaired) electrons. The maximum atomic E-state index is 10.6. The highest BCUT2D eigenvalue weighted by atomic mass is 19.4. The van der Waals surface area contributed by atoms with Crippen molar-refractivity contribution in [2.24, 2.45) is 0 Å². The quantitative estimate of drug-likeness (QED) is 0.158. The molecule has 0 saturated heterocycles. The van der Waals surface area contributed by atoms with Gasteiger partial charge in [-0.05, 0) is 65.6 Å². The fourth-order valence-electron chi connectivity index (χ4n) is 3.96. The van der Waals surface area contributed by atoms with E-state index in [4.69, 9.17) is 19.1 Å². The number of H-pyrrole nitrogens is 1. The second-order valence-electron chi connectivity index (χ2n) is 8.84. The van der Waals surface area contributed by atoms with Crippen LogP contribution in [0.4, 0.5) is 24.9 Å². The van der Waals surface area contributed by atoms with Crippen molar-refractivity contribution in [1.82, 2.24) is 25.6 Å². The van der Waals surface area contributed by atoms with Crippen LogP contribution in [0, 0.1) is 0 Å². The first-order valence-corrected chi connectivity index (χ1v) is 12.9. The molecule has 0 fully saturated rings. The zero-order chi connectivity index (χ0) is 30.1. The predicted octanol–water partition coefficient (Wildman–Crippen LogP) is 6.96. The van der Waals surface area contributed by atoms with E-state index in [1.54, 1.807) is 0 Å². The summed E-state index contributed by atoms with van der Waals surface area (Å²) in [4.78, 5) is 13.5. The molecule has 0 amide bonds. The summed E-state index contributed by atoms with van der Waals surface area (Å²) in [7, 11) is 0. The van der Waals surface area contributed by atoms with Crippen LogP contribution < -0.4 is 10.1 Å². The molecule has 0 bridgehead atoms. The van der Waals surface area contributed by atoms with Gasteiger partial charge in [-0.15, -0.1) is 5.10 Å². The standard InChI is InChI=1S/C27H26N6O2.C2HF3O2/c1-3-5-10-18-16-19(20-11-6-7-12-21(20)26-30-32-33-31-26)17-23(25(18)34-15-4-2)29-27-28-22-13-8-9-14-24(22)35-27;3-2(4,5)1(6)7/h3,5-9,11-14,16-17H,4,10,15H2,1-2H3,(H,28,29)(H,30,31,32,33);(H,6,7)/b5-3+;. The Morgan fingerprint density at radius 1 is 1.12 bits per heavy atom. The van der Waals surface area contributed by atoms with Gasteiger partial charge in [0.25, 0.3) is 6.01 Å². The Balaban J connectivity index is 0.000000517. The van der Waals surface area contributed by atoms with E-state index in [9.17, 15) is 13.2 Å². The predicted molar refractivity (Wildman–Crippen MR) is 150 cm³/mol. The number of nitrogens with one attached hydrogen (secondary N) is 2. The molecule has 13 heteroatoms. The first kappa shape index (κ1) is 29.8. The average Bonchev–Trinajstić information content (AvgIpc) is 3.65. The van der Waals surface area contributed by atoms with Gasteiger partial charge in [0.1, 0.15) is 11.3 Å². The Labute approximate surface area is 238 Å². The van der Waals surface area contributed by atoms with Gasteiger partial charge in [-0.2, -0.15) is 18.2 Å². The van der Waals surface area contributed by atoms with Gasteiger partial charge in [0.05, 0.1) is 12.3 Å². The van der Waals surface area contributed by atoms with Gasteiger partial charge in [-0.3, -0.25) is 0 Å². The van der Waals surface area contributed by atoms with E-state index in [1.165, 1.54) is 0 Å². The number of carboxylic acid groups (broad SMARTS) is 1. The second-order valence-corrected chi connectivity index (χ2v) is 8.84. The Morgan fingerprint density at radius 2 is 1.83 bits per heavy atom. The molecule has 0 spiro atoms. The molecular formula is C29H27F3N6O4. The molecule has 218 valence electrons. The highest BCUT2D eigenvalue weighted by molar-refractivity contribution is 5.85. The molecule has 2 aromatic heterocycles. The van der Waals surface area contributed by atoms with E-state index in [0.717, 1.165) is 57.6 Å². The SMILES string of the molecule is C/C=C/Cc1cc(-c2ccccc2-c2nnn[nH]2)cc(Nc2nc3ccccc3o2)c1OCCC.O=C(O)C(F)(F)F. The number of halogens is 3. The van der Waals surface area contributed by atoms with Crippen LogP contribution in [0.5, 0.6) is 5.75 Å². The van der Waals surface area contributed by atoms with Crippen LogP contribution in [0.3, 0.4) is 0 Å². The van der Waals surface area contributed by atoms with Crippen molar-refractivity contribution in [2.75, 3.05) is 11.9 Å². The molecule has 10 nitrogen and oxygen atoms in total. The normalized spacial score (nSPS) is 11.4. The zero-order valence-electron chi connectivity index (χ0n) is 22.6. The molecule has 3 aromatic carbocycles. The number of allylic oxidation sites excluding steroid dienone is 2. The Bertz CT molecular complexity index is 1630. The molecule has 2 heterocycles. The third-order valence-corrected chi connectivity index (χ3v) is 5.81. The lowest BCUT2D eigenvalue weighted by Gasteiger charge is -2.18. The zero-order valence-corrected chi connectivity index (χ0v) is 22.6. The fourth-order valence-corrected chi connectivity index (χ4v) is 3.96. The molecule has 3 N–H and O–H groups in total. The maximum absolute atomic E-state index is 10.6. The summed E-state index contributed by atoms with van der Waals surface area (Å²) in [6, 6.07) is 20.4. The molecule has 0 aliphatic heterocycles. The fraction of sp³-hybridized carbons (Fsp3) is 0.207. The smallest absolute Gasteiger partial charge is 0.490 e. The number of rotatable bonds is 9. The minimum absolute atomic E-state index is 0.411. The van der Waals surface area contributed by atoms with Gasteiger partial charge in [0.2, 0.25) is 0 Å². The van der Waals surface area contributed by atoms with Crippen molar-refractivity contribution in [1.29, 1.82) is 0 Å². The number of tetrazole rings is 1. The Kier molecular flexibility index (Phi) is 9.53. The van der Waals surface area contributed by atoms with Gasteiger partial charge < -0.3 is 19.6 Å². The highest BCUT2D eigenvalue weighted by Crippen LogP contribution is 2.40. The van der Waals surface area contributed by atoms with E-state index in [1.807, 2.05) is 55.5 Å². The number of anilines is 2. The number of ether oxygens (including phenoxy) is 1. The monoisotopic (exact) mass is 580 g/mol. The number of aromatic nitrogens is 5. The number of hydrogen-bond donors (Lipinski definition) is 3. The van der Waals surface area contributed by atoms with Crippen LogP contribution in [0.2, 0.25) is 0 Å². The van der Waals surface area contributed by atoms with Crippen molar-refractivity contribution in [3.8, 4) is 28.3 Å². The number of oxazole rings is 1. The van der Waals surface area contributed by atoms with Crippen molar-refractivity contribution < 1.29 is 32.2 Å². The summed E-state index contributed by atoms with van der Waals surface area (Å²) >= 11 is 0. The van der Waals surface area contributed by atoms with E-state index >= 15 is 0 Å². The lowest BCUT2D eigenvalue weighted by atomic mass is 9.95. The number of carboxylic acids is 1. The van der Waals surface area contributed by atoms with Crippen LogP contribution in [0.15, 0.2) is 77.2 Å². The number of fused-ring (bicyclic) bond motifs is 1. The molecule has 0 atom stereocenters. The third-order valence-electron chi connectivity index (χ3n) is 5.81. The molecule has 42 heavy (non-hydrogen) atoms. The summed E-state index contributed by atoms with van der Waals surface area (Å²) in [5.41, 5.74) is 6.25. The van der Waals surface area contributed by atoms with Crippen molar-refractivity contribution >= 4 is 28.8 Å². The summed E-state index contributed by atoms with van der Waals surface area (Å²) in [6.45, 7) is 4.71. The van der Waals surface area contributed by atoms with E-state index in [0.29, 0.717) is 18.4 Å². The second kappa shape index (κ2) is 13.4. The number of nitrogens with zero attached hydrogens (tertiary/aromatic N) is 4.